The second-order valence-electron chi connectivity index (χ2n) is 5.91. The number of aromatic nitrogens is 2. The summed E-state index contributed by atoms with van der Waals surface area (Å²) in [5.41, 5.74) is -1.05. The van der Waals surface area contributed by atoms with Gasteiger partial charge < -0.3 is 0 Å². The third-order valence-corrected chi connectivity index (χ3v) is 5.57. The predicted octanol–water partition coefficient (Wildman–Crippen LogP) is 4.43. The number of hydrogen-bond acceptors (Lipinski definition) is 5. The van der Waals surface area contributed by atoms with Crippen molar-refractivity contribution in [2.75, 3.05) is 4.72 Å². The Hall–Kier alpha value is -2.69. The number of nitrogens with zero attached hydrogens (tertiary/aromatic N) is 2. The Morgan fingerprint density at radius 3 is 2.50 bits per heavy atom. The van der Waals surface area contributed by atoms with Crippen LogP contribution < -0.4 is 4.72 Å². The zero-order valence-electron chi connectivity index (χ0n) is 14.7. The maximum atomic E-state index is 14.9. The van der Waals surface area contributed by atoms with Crippen molar-refractivity contribution in [3.05, 3.63) is 81.6 Å². The molecular formula is C18H10Cl2F3N3O3S. The first kappa shape index (κ1) is 22.0. The van der Waals surface area contributed by atoms with Crippen molar-refractivity contribution in [2.45, 2.75) is 11.3 Å². The number of rotatable bonds is 6. The van der Waals surface area contributed by atoms with E-state index in [1.165, 1.54) is 12.3 Å². The molecule has 1 aromatic heterocycles. The third-order valence-electron chi connectivity index (χ3n) is 3.79. The number of benzene rings is 2. The van der Waals surface area contributed by atoms with Crippen LogP contribution in [0.3, 0.4) is 0 Å². The molecule has 156 valence electrons. The fraction of sp³-hybridized carbons (Fsp3) is 0.0556. The van der Waals surface area contributed by atoms with Gasteiger partial charge in [0.05, 0.1) is 23.4 Å². The van der Waals surface area contributed by atoms with Gasteiger partial charge in [-0.1, -0.05) is 11.6 Å². The molecule has 0 aliphatic rings. The monoisotopic (exact) mass is 475 g/mol. The molecule has 0 atom stereocenters. The number of nitrogens with one attached hydrogen (secondary N) is 1. The van der Waals surface area contributed by atoms with Crippen LogP contribution in [-0.2, 0) is 16.4 Å². The van der Waals surface area contributed by atoms with Crippen LogP contribution in [0.5, 0.6) is 0 Å². The van der Waals surface area contributed by atoms with Crippen LogP contribution in [0, 0.1) is 17.5 Å². The maximum Gasteiger partial charge on any atom is 0.265 e. The highest BCUT2D eigenvalue weighted by atomic mass is 35.5. The lowest BCUT2D eigenvalue weighted by atomic mass is 10.0. The summed E-state index contributed by atoms with van der Waals surface area (Å²) in [5.74, 6) is -4.28. The molecule has 6 nitrogen and oxygen atoms in total. The number of carbonyl (C=O) groups excluding carboxylic acids is 1. The SMILES string of the molecule is O=C(Cc1ccnc(Cl)n1)c1cc(Cl)cc(NS(=O)(=O)c2cc(F)ccc2F)c1F. The fourth-order valence-corrected chi connectivity index (χ4v) is 4.00. The predicted molar refractivity (Wildman–Crippen MR) is 104 cm³/mol. The van der Waals surface area contributed by atoms with Gasteiger partial charge in [0.15, 0.2) is 11.6 Å². The summed E-state index contributed by atoms with van der Waals surface area (Å²) >= 11 is 11.5. The average molecular weight is 476 g/mol. The largest absolute Gasteiger partial charge is 0.294 e. The van der Waals surface area contributed by atoms with E-state index < -0.39 is 49.4 Å². The van der Waals surface area contributed by atoms with E-state index in [1.807, 2.05) is 0 Å². The highest BCUT2D eigenvalue weighted by Gasteiger charge is 2.24. The van der Waals surface area contributed by atoms with Crippen molar-refractivity contribution in [3.63, 3.8) is 0 Å². The summed E-state index contributed by atoms with van der Waals surface area (Å²) in [6, 6.07) is 5.06. The number of halogens is 5. The molecule has 0 amide bonds. The molecule has 2 aromatic carbocycles. The van der Waals surface area contributed by atoms with E-state index in [1.54, 1.807) is 4.72 Å². The smallest absolute Gasteiger partial charge is 0.265 e. The van der Waals surface area contributed by atoms with Crippen LogP contribution in [0.1, 0.15) is 16.1 Å². The number of carbonyl (C=O) groups is 1. The van der Waals surface area contributed by atoms with E-state index >= 15 is 0 Å². The maximum absolute atomic E-state index is 14.9. The molecule has 0 saturated carbocycles. The molecule has 0 aliphatic carbocycles. The van der Waals surface area contributed by atoms with E-state index in [9.17, 15) is 26.4 Å². The molecule has 0 bridgehead atoms. The topological polar surface area (TPSA) is 89.0 Å². The van der Waals surface area contributed by atoms with Crippen LogP contribution in [0.25, 0.3) is 0 Å². The van der Waals surface area contributed by atoms with E-state index in [4.69, 9.17) is 23.2 Å². The molecule has 30 heavy (non-hydrogen) atoms. The minimum absolute atomic E-state index is 0.113. The van der Waals surface area contributed by atoms with Crippen molar-refractivity contribution >= 4 is 44.7 Å². The van der Waals surface area contributed by atoms with Gasteiger partial charge in [0.25, 0.3) is 10.0 Å². The van der Waals surface area contributed by atoms with Gasteiger partial charge in [-0.3, -0.25) is 9.52 Å². The Morgan fingerprint density at radius 1 is 1.07 bits per heavy atom. The molecule has 1 N–H and O–H groups in total. The lowest BCUT2D eigenvalue weighted by molar-refractivity contribution is 0.0988. The first-order valence-electron chi connectivity index (χ1n) is 8.04. The second kappa shape index (κ2) is 8.58. The molecular weight excluding hydrogens is 466 g/mol. The molecule has 12 heteroatoms. The van der Waals surface area contributed by atoms with Crippen molar-refractivity contribution in [1.29, 1.82) is 0 Å². The quantitative estimate of drug-likeness (QED) is 0.420. The van der Waals surface area contributed by atoms with E-state index in [2.05, 4.69) is 9.97 Å². The number of Topliss-reactive ketones (excluding diaryl/α,β-unsaturated/α-hetero) is 1. The van der Waals surface area contributed by atoms with Crippen LogP contribution in [0.2, 0.25) is 10.3 Å². The van der Waals surface area contributed by atoms with Gasteiger partial charge in [0.1, 0.15) is 16.5 Å². The fourth-order valence-electron chi connectivity index (χ4n) is 2.48. The van der Waals surface area contributed by atoms with Crippen molar-refractivity contribution in [1.82, 2.24) is 9.97 Å². The van der Waals surface area contributed by atoms with Gasteiger partial charge in [0.2, 0.25) is 5.28 Å². The highest BCUT2D eigenvalue weighted by Crippen LogP contribution is 2.28. The Balaban J connectivity index is 1.96. The molecule has 0 radical (unpaired) electrons. The lowest BCUT2D eigenvalue weighted by Gasteiger charge is -2.12. The molecule has 0 spiro atoms. The second-order valence-corrected chi connectivity index (χ2v) is 8.34. The van der Waals surface area contributed by atoms with Crippen LogP contribution in [0.4, 0.5) is 18.9 Å². The normalized spacial score (nSPS) is 11.4. The van der Waals surface area contributed by atoms with Gasteiger partial charge in [-0.05, 0) is 48.0 Å². The zero-order valence-corrected chi connectivity index (χ0v) is 17.0. The summed E-state index contributed by atoms with van der Waals surface area (Å²) in [6.07, 6.45) is 0.934. The molecule has 0 aliphatic heterocycles. The minimum Gasteiger partial charge on any atom is -0.294 e. The Bertz CT molecular complexity index is 1260. The Kier molecular flexibility index (Phi) is 6.30. The third kappa shape index (κ3) is 4.89. The summed E-state index contributed by atoms with van der Waals surface area (Å²) < 4.78 is 68.7. The molecule has 0 unspecified atom stereocenters. The van der Waals surface area contributed by atoms with Crippen molar-refractivity contribution < 1.29 is 26.4 Å². The Morgan fingerprint density at radius 2 is 1.80 bits per heavy atom. The van der Waals surface area contributed by atoms with Crippen molar-refractivity contribution in [2.24, 2.45) is 0 Å². The molecule has 0 fully saturated rings. The number of hydrogen-bond donors (Lipinski definition) is 1. The first-order valence-corrected chi connectivity index (χ1v) is 10.3. The summed E-state index contributed by atoms with van der Waals surface area (Å²) in [5, 5.41) is -0.282. The number of anilines is 1. The van der Waals surface area contributed by atoms with Gasteiger partial charge in [0, 0.05) is 11.2 Å². The molecule has 0 saturated heterocycles. The van der Waals surface area contributed by atoms with E-state index in [0.717, 1.165) is 18.2 Å². The summed E-state index contributed by atoms with van der Waals surface area (Å²) in [7, 11) is -4.73. The van der Waals surface area contributed by atoms with Crippen molar-refractivity contribution in [3.8, 4) is 0 Å². The standard InChI is InChI=1S/C18H10Cl2F3N3O3S/c19-9-5-12(15(27)8-11-3-4-24-18(20)25-11)17(23)14(6-9)26-30(28,29)16-7-10(21)1-2-13(16)22/h1-7,26H,8H2. The van der Waals surface area contributed by atoms with Gasteiger partial charge >= 0.3 is 0 Å². The summed E-state index contributed by atoms with van der Waals surface area (Å²) in [6.45, 7) is 0. The van der Waals surface area contributed by atoms with E-state index in [-0.39, 0.29) is 22.4 Å². The molecule has 3 rings (SSSR count). The molecule has 1 heterocycles. The number of sulfonamides is 1. The summed E-state index contributed by atoms with van der Waals surface area (Å²) in [4.78, 5) is 18.9. The lowest BCUT2D eigenvalue weighted by Crippen LogP contribution is -2.17. The Labute approximate surface area is 178 Å². The average Bonchev–Trinajstić information content (AvgIpc) is 2.66. The van der Waals surface area contributed by atoms with E-state index in [0.29, 0.717) is 12.1 Å². The highest BCUT2D eigenvalue weighted by molar-refractivity contribution is 7.92. The molecule has 3 aromatic rings. The van der Waals surface area contributed by atoms with Gasteiger partial charge in [-0.2, -0.15) is 0 Å². The number of ketones is 1. The van der Waals surface area contributed by atoms with Gasteiger partial charge in [-0.15, -0.1) is 0 Å². The first-order chi connectivity index (χ1) is 14.1. The van der Waals surface area contributed by atoms with Gasteiger partial charge in [-0.25, -0.2) is 31.6 Å². The minimum atomic E-state index is -4.73. The van der Waals surface area contributed by atoms with Crippen LogP contribution in [0.15, 0.2) is 47.5 Å². The zero-order chi connectivity index (χ0) is 22.1. The van der Waals surface area contributed by atoms with Crippen LogP contribution >= 0.6 is 23.2 Å². The van der Waals surface area contributed by atoms with Crippen LogP contribution in [-0.4, -0.2) is 24.2 Å².